The number of nitrogens with one attached hydrogen (secondary N) is 1. The molecule has 0 aliphatic heterocycles. The summed E-state index contributed by atoms with van der Waals surface area (Å²) < 4.78 is 0. The van der Waals surface area contributed by atoms with E-state index in [1.807, 2.05) is 18.2 Å². The van der Waals surface area contributed by atoms with Gasteiger partial charge in [0.15, 0.2) is 0 Å². The van der Waals surface area contributed by atoms with Gasteiger partial charge in [0, 0.05) is 13.0 Å². The fourth-order valence-electron chi connectivity index (χ4n) is 2.43. The van der Waals surface area contributed by atoms with Gasteiger partial charge in [0.25, 0.3) is 0 Å². The lowest BCUT2D eigenvalue weighted by molar-refractivity contribution is -0.122. The first-order chi connectivity index (χ1) is 9.52. The number of hydrogen-bond acceptors (Lipinski definition) is 2. The second-order valence-corrected chi connectivity index (χ2v) is 6.05. The van der Waals surface area contributed by atoms with E-state index in [1.165, 1.54) is 5.56 Å². The molecule has 2 atom stereocenters. The van der Waals surface area contributed by atoms with E-state index < -0.39 is 0 Å². The van der Waals surface area contributed by atoms with Gasteiger partial charge < -0.3 is 11.1 Å². The number of amides is 1. The minimum atomic E-state index is 0.115. The lowest BCUT2D eigenvalue weighted by Crippen LogP contribution is -2.31. The SMILES string of the molecule is CC(C)CC(CN)CC(=O)NCC(C)c1ccccc1. The van der Waals surface area contributed by atoms with Gasteiger partial charge in [-0.1, -0.05) is 51.1 Å². The van der Waals surface area contributed by atoms with Crippen LogP contribution in [0.1, 0.15) is 45.1 Å². The zero-order valence-corrected chi connectivity index (χ0v) is 12.9. The summed E-state index contributed by atoms with van der Waals surface area (Å²) >= 11 is 0. The Balaban J connectivity index is 2.35. The van der Waals surface area contributed by atoms with Crippen LogP contribution in [0.2, 0.25) is 0 Å². The summed E-state index contributed by atoms with van der Waals surface area (Å²) in [6.45, 7) is 7.72. The zero-order chi connectivity index (χ0) is 15.0. The van der Waals surface area contributed by atoms with Crippen LogP contribution in [0.25, 0.3) is 0 Å². The summed E-state index contributed by atoms with van der Waals surface area (Å²) in [5, 5.41) is 3.02. The van der Waals surface area contributed by atoms with Gasteiger partial charge in [-0.15, -0.1) is 0 Å². The standard InChI is InChI=1S/C17H28N2O/c1-13(2)9-15(11-18)10-17(20)19-12-14(3)16-7-5-4-6-8-16/h4-8,13-15H,9-12,18H2,1-3H3,(H,19,20). The second kappa shape index (κ2) is 8.75. The highest BCUT2D eigenvalue weighted by atomic mass is 16.1. The lowest BCUT2D eigenvalue weighted by Gasteiger charge is -2.18. The van der Waals surface area contributed by atoms with Crippen molar-refractivity contribution < 1.29 is 4.79 Å². The summed E-state index contributed by atoms with van der Waals surface area (Å²) in [4.78, 5) is 12.0. The number of benzene rings is 1. The van der Waals surface area contributed by atoms with Crippen molar-refractivity contribution in [2.24, 2.45) is 17.6 Å². The molecule has 0 fully saturated rings. The first kappa shape index (κ1) is 16.7. The first-order valence-electron chi connectivity index (χ1n) is 7.54. The van der Waals surface area contributed by atoms with Gasteiger partial charge >= 0.3 is 0 Å². The van der Waals surface area contributed by atoms with Crippen LogP contribution in [0.15, 0.2) is 30.3 Å². The maximum atomic E-state index is 12.0. The van der Waals surface area contributed by atoms with E-state index in [1.54, 1.807) is 0 Å². The summed E-state index contributed by atoms with van der Waals surface area (Å²) in [7, 11) is 0. The summed E-state index contributed by atoms with van der Waals surface area (Å²) in [6, 6.07) is 10.3. The van der Waals surface area contributed by atoms with Crippen LogP contribution >= 0.6 is 0 Å². The molecule has 0 spiro atoms. The Morgan fingerprint density at radius 1 is 1.20 bits per heavy atom. The van der Waals surface area contributed by atoms with E-state index in [-0.39, 0.29) is 5.91 Å². The Hall–Kier alpha value is -1.35. The first-order valence-corrected chi connectivity index (χ1v) is 7.54. The van der Waals surface area contributed by atoms with E-state index in [9.17, 15) is 4.79 Å². The number of carbonyl (C=O) groups is 1. The molecule has 0 aliphatic rings. The molecule has 1 rings (SSSR count). The third-order valence-corrected chi connectivity index (χ3v) is 3.59. The molecule has 3 heteroatoms. The third-order valence-electron chi connectivity index (χ3n) is 3.59. The maximum absolute atomic E-state index is 12.0. The quantitative estimate of drug-likeness (QED) is 0.767. The molecule has 0 heterocycles. The zero-order valence-electron chi connectivity index (χ0n) is 12.9. The smallest absolute Gasteiger partial charge is 0.220 e. The molecule has 0 aromatic heterocycles. The molecule has 0 radical (unpaired) electrons. The van der Waals surface area contributed by atoms with Crippen LogP contribution in [0.3, 0.4) is 0 Å². The number of hydrogen-bond donors (Lipinski definition) is 2. The van der Waals surface area contributed by atoms with E-state index in [0.717, 1.165) is 6.42 Å². The van der Waals surface area contributed by atoms with Crippen molar-refractivity contribution in [1.29, 1.82) is 0 Å². The van der Waals surface area contributed by atoms with Gasteiger partial charge in [-0.05, 0) is 36.3 Å². The van der Waals surface area contributed by atoms with E-state index in [4.69, 9.17) is 5.73 Å². The van der Waals surface area contributed by atoms with Crippen molar-refractivity contribution >= 4 is 5.91 Å². The molecule has 0 saturated carbocycles. The van der Waals surface area contributed by atoms with Crippen molar-refractivity contribution in [3.05, 3.63) is 35.9 Å². The van der Waals surface area contributed by atoms with Crippen LogP contribution in [0.5, 0.6) is 0 Å². The molecule has 1 amide bonds. The topological polar surface area (TPSA) is 55.1 Å². The summed E-state index contributed by atoms with van der Waals surface area (Å²) in [6.07, 6.45) is 1.55. The van der Waals surface area contributed by atoms with Crippen molar-refractivity contribution in [2.45, 2.75) is 39.5 Å². The maximum Gasteiger partial charge on any atom is 0.220 e. The highest BCUT2D eigenvalue weighted by molar-refractivity contribution is 5.76. The number of rotatable bonds is 8. The third kappa shape index (κ3) is 6.20. The van der Waals surface area contributed by atoms with Crippen LogP contribution in [0, 0.1) is 11.8 Å². The highest BCUT2D eigenvalue weighted by Gasteiger charge is 2.14. The van der Waals surface area contributed by atoms with Gasteiger partial charge in [0.2, 0.25) is 5.91 Å². The molecule has 0 saturated heterocycles. The fraction of sp³-hybridized carbons (Fsp3) is 0.588. The largest absolute Gasteiger partial charge is 0.355 e. The molecule has 1 aromatic carbocycles. The average molecular weight is 276 g/mol. The fourth-order valence-corrected chi connectivity index (χ4v) is 2.43. The van der Waals surface area contributed by atoms with E-state index in [2.05, 4.69) is 38.2 Å². The molecular formula is C17H28N2O. The molecule has 20 heavy (non-hydrogen) atoms. The van der Waals surface area contributed by atoms with E-state index in [0.29, 0.717) is 37.3 Å². The minimum Gasteiger partial charge on any atom is -0.355 e. The molecule has 1 aromatic rings. The predicted octanol–water partition coefficient (Wildman–Crippen LogP) is 2.92. The Morgan fingerprint density at radius 3 is 2.40 bits per heavy atom. The molecule has 2 unspecified atom stereocenters. The van der Waals surface area contributed by atoms with Crippen molar-refractivity contribution in [3.8, 4) is 0 Å². The Bertz CT molecular complexity index is 389. The monoisotopic (exact) mass is 276 g/mol. The van der Waals surface area contributed by atoms with E-state index >= 15 is 0 Å². The Kier molecular flexibility index (Phi) is 7.31. The van der Waals surface area contributed by atoms with Gasteiger partial charge in [0.1, 0.15) is 0 Å². The van der Waals surface area contributed by atoms with Crippen molar-refractivity contribution in [1.82, 2.24) is 5.32 Å². The van der Waals surface area contributed by atoms with Crippen molar-refractivity contribution in [2.75, 3.05) is 13.1 Å². The van der Waals surface area contributed by atoms with Crippen molar-refractivity contribution in [3.63, 3.8) is 0 Å². The number of carbonyl (C=O) groups excluding carboxylic acids is 1. The molecule has 0 bridgehead atoms. The Labute approximate surface area is 122 Å². The lowest BCUT2D eigenvalue weighted by atomic mass is 9.94. The summed E-state index contributed by atoms with van der Waals surface area (Å²) in [5.74, 6) is 1.33. The summed E-state index contributed by atoms with van der Waals surface area (Å²) in [5.41, 5.74) is 6.99. The normalized spacial score (nSPS) is 14.1. The van der Waals surface area contributed by atoms with Gasteiger partial charge in [0.05, 0.1) is 0 Å². The van der Waals surface area contributed by atoms with Crippen LogP contribution in [-0.2, 0) is 4.79 Å². The van der Waals surface area contributed by atoms with Crippen LogP contribution < -0.4 is 11.1 Å². The average Bonchev–Trinajstić information content (AvgIpc) is 2.44. The van der Waals surface area contributed by atoms with Gasteiger partial charge in [-0.25, -0.2) is 0 Å². The molecule has 3 nitrogen and oxygen atoms in total. The minimum absolute atomic E-state index is 0.115. The number of nitrogens with two attached hydrogens (primary N) is 1. The molecule has 112 valence electrons. The molecule has 3 N–H and O–H groups in total. The van der Waals surface area contributed by atoms with Crippen LogP contribution in [0.4, 0.5) is 0 Å². The highest BCUT2D eigenvalue weighted by Crippen LogP contribution is 2.15. The second-order valence-electron chi connectivity index (χ2n) is 6.05. The molecule has 0 aliphatic carbocycles. The van der Waals surface area contributed by atoms with Gasteiger partial charge in [-0.2, -0.15) is 0 Å². The van der Waals surface area contributed by atoms with Crippen LogP contribution in [-0.4, -0.2) is 19.0 Å². The van der Waals surface area contributed by atoms with Gasteiger partial charge in [-0.3, -0.25) is 4.79 Å². The molecular weight excluding hydrogens is 248 g/mol. The Morgan fingerprint density at radius 2 is 1.85 bits per heavy atom. The predicted molar refractivity (Wildman–Crippen MR) is 84.5 cm³/mol.